The quantitative estimate of drug-likeness (QED) is 0.581. The number of halogens is 1. The van der Waals surface area contributed by atoms with Crippen molar-refractivity contribution >= 4 is 5.96 Å². The fraction of sp³-hybridized carbons (Fsp3) is 0.435. The molecule has 1 aliphatic heterocycles. The highest BCUT2D eigenvalue weighted by Crippen LogP contribution is 2.35. The maximum absolute atomic E-state index is 13.9. The summed E-state index contributed by atoms with van der Waals surface area (Å²) in [6, 6.07) is 17.4. The number of guanidine groups is 1. The monoisotopic (exact) mass is 383 g/mol. The van der Waals surface area contributed by atoms with Crippen LogP contribution in [-0.2, 0) is 10.2 Å². The SMILES string of the molecule is CCNC(=NCC1(c2cccc(F)c2)CCOCC1)NC(C)c1ccccc1. The molecule has 0 aliphatic carbocycles. The molecular weight excluding hydrogens is 353 g/mol. The number of nitrogens with one attached hydrogen (secondary N) is 2. The van der Waals surface area contributed by atoms with Crippen LogP contribution in [-0.4, -0.2) is 32.3 Å². The van der Waals surface area contributed by atoms with E-state index in [0.717, 1.165) is 30.9 Å². The van der Waals surface area contributed by atoms with Crippen molar-refractivity contribution in [3.8, 4) is 0 Å². The Labute approximate surface area is 167 Å². The van der Waals surface area contributed by atoms with Crippen LogP contribution < -0.4 is 10.6 Å². The number of hydrogen-bond donors (Lipinski definition) is 2. The fourth-order valence-electron chi connectivity index (χ4n) is 3.70. The van der Waals surface area contributed by atoms with Gasteiger partial charge in [0.1, 0.15) is 5.82 Å². The van der Waals surface area contributed by atoms with Crippen LogP contribution in [0.25, 0.3) is 0 Å². The van der Waals surface area contributed by atoms with Crippen molar-refractivity contribution in [2.24, 2.45) is 4.99 Å². The van der Waals surface area contributed by atoms with Crippen LogP contribution in [0.3, 0.4) is 0 Å². The van der Waals surface area contributed by atoms with Gasteiger partial charge in [0, 0.05) is 25.2 Å². The van der Waals surface area contributed by atoms with Gasteiger partial charge in [0.15, 0.2) is 5.96 Å². The number of aliphatic imine (C=N–C) groups is 1. The molecule has 1 heterocycles. The Morgan fingerprint density at radius 1 is 1.14 bits per heavy atom. The molecular formula is C23H30FN3O. The summed E-state index contributed by atoms with van der Waals surface area (Å²) in [6.45, 7) is 6.91. The van der Waals surface area contributed by atoms with Crippen molar-refractivity contribution in [2.75, 3.05) is 26.3 Å². The second-order valence-corrected chi connectivity index (χ2v) is 7.37. The molecule has 0 spiro atoms. The second-order valence-electron chi connectivity index (χ2n) is 7.37. The zero-order valence-electron chi connectivity index (χ0n) is 16.7. The number of rotatable bonds is 6. The van der Waals surface area contributed by atoms with Crippen LogP contribution in [0.5, 0.6) is 0 Å². The predicted molar refractivity (Wildman–Crippen MR) is 112 cm³/mol. The molecule has 0 aromatic heterocycles. The van der Waals surface area contributed by atoms with Crippen LogP contribution in [0.4, 0.5) is 4.39 Å². The van der Waals surface area contributed by atoms with Crippen molar-refractivity contribution in [1.82, 2.24) is 10.6 Å². The lowest BCUT2D eigenvalue weighted by Crippen LogP contribution is -2.42. The Morgan fingerprint density at radius 3 is 2.57 bits per heavy atom. The van der Waals surface area contributed by atoms with E-state index >= 15 is 0 Å². The molecule has 4 nitrogen and oxygen atoms in total. The maximum atomic E-state index is 13.9. The van der Waals surface area contributed by atoms with Gasteiger partial charge in [0.05, 0.1) is 12.6 Å². The van der Waals surface area contributed by atoms with Crippen LogP contribution in [0.2, 0.25) is 0 Å². The van der Waals surface area contributed by atoms with Gasteiger partial charge in [-0.05, 0) is 49.9 Å². The molecule has 0 amide bonds. The molecule has 2 aromatic rings. The van der Waals surface area contributed by atoms with Crippen molar-refractivity contribution < 1.29 is 9.13 Å². The Morgan fingerprint density at radius 2 is 1.89 bits per heavy atom. The highest BCUT2D eigenvalue weighted by atomic mass is 19.1. The molecule has 1 saturated heterocycles. The van der Waals surface area contributed by atoms with E-state index in [4.69, 9.17) is 9.73 Å². The average Bonchev–Trinajstić information content (AvgIpc) is 2.73. The van der Waals surface area contributed by atoms with Gasteiger partial charge in [-0.25, -0.2) is 4.39 Å². The lowest BCUT2D eigenvalue weighted by atomic mass is 9.74. The molecule has 1 aliphatic rings. The van der Waals surface area contributed by atoms with E-state index in [9.17, 15) is 4.39 Å². The lowest BCUT2D eigenvalue weighted by Gasteiger charge is -2.36. The smallest absolute Gasteiger partial charge is 0.191 e. The summed E-state index contributed by atoms with van der Waals surface area (Å²) in [7, 11) is 0. The first-order chi connectivity index (χ1) is 13.6. The molecule has 0 bridgehead atoms. The lowest BCUT2D eigenvalue weighted by molar-refractivity contribution is 0.0530. The second kappa shape index (κ2) is 9.69. The van der Waals surface area contributed by atoms with Gasteiger partial charge in [-0.1, -0.05) is 42.5 Å². The number of benzene rings is 2. The van der Waals surface area contributed by atoms with Crippen molar-refractivity contribution in [1.29, 1.82) is 0 Å². The molecule has 0 radical (unpaired) electrons. The van der Waals surface area contributed by atoms with Crippen LogP contribution in [0.1, 0.15) is 43.9 Å². The number of nitrogens with zero attached hydrogens (tertiary/aromatic N) is 1. The summed E-state index contributed by atoms with van der Waals surface area (Å²) in [5.74, 6) is 0.580. The first kappa shape index (κ1) is 20.3. The van der Waals surface area contributed by atoms with Crippen molar-refractivity contribution in [2.45, 2.75) is 38.1 Å². The third-order valence-corrected chi connectivity index (χ3v) is 5.42. The molecule has 1 unspecified atom stereocenters. The van der Waals surface area contributed by atoms with Crippen LogP contribution in [0, 0.1) is 5.82 Å². The summed E-state index contributed by atoms with van der Waals surface area (Å²) in [5, 5.41) is 6.82. The largest absolute Gasteiger partial charge is 0.381 e. The van der Waals surface area contributed by atoms with E-state index in [-0.39, 0.29) is 17.3 Å². The van der Waals surface area contributed by atoms with Gasteiger partial charge in [-0.15, -0.1) is 0 Å². The molecule has 2 N–H and O–H groups in total. The van der Waals surface area contributed by atoms with Crippen LogP contribution in [0.15, 0.2) is 59.6 Å². The Bertz CT molecular complexity index is 772. The summed E-state index contributed by atoms with van der Waals surface area (Å²) < 4.78 is 19.5. The molecule has 5 heteroatoms. The molecule has 2 aromatic carbocycles. The summed E-state index contributed by atoms with van der Waals surface area (Å²) in [6.07, 6.45) is 1.68. The summed E-state index contributed by atoms with van der Waals surface area (Å²) in [4.78, 5) is 4.90. The Balaban J connectivity index is 1.80. The van der Waals surface area contributed by atoms with Crippen LogP contribution >= 0.6 is 0 Å². The van der Waals surface area contributed by atoms with E-state index in [0.29, 0.717) is 19.8 Å². The average molecular weight is 384 g/mol. The van der Waals surface area contributed by atoms with Gasteiger partial charge in [0.2, 0.25) is 0 Å². The Hall–Kier alpha value is -2.40. The van der Waals surface area contributed by atoms with E-state index in [1.807, 2.05) is 24.3 Å². The summed E-state index contributed by atoms with van der Waals surface area (Å²) in [5.41, 5.74) is 2.02. The van der Waals surface area contributed by atoms with Gasteiger partial charge in [-0.2, -0.15) is 0 Å². The fourth-order valence-corrected chi connectivity index (χ4v) is 3.70. The van der Waals surface area contributed by atoms with Gasteiger partial charge in [0.25, 0.3) is 0 Å². The number of hydrogen-bond acceptors (Lipinski definition) is 2. The number of ether oxygens (including phenoxy) is 1. The van der Waals surface area contributed by atoms with E-state index in [1.165, 1.54) is 11.6 Å². The maximum Gasteiger partial charge on any atom is 0.191 e. The molecule has 0 saturated carbocycles. The van der Waals surface area contributed by atoms with E-state index in [2.05, 4.69) is 36.6 Å². The Kier molecular flexibility index (Phi) is 7.04. The van der Waals surface area contributed by atoms with E-state index in [1.54, 1.807) is 12.1 Å². The predicted octanol–water partition coefficient (Wildman–Crippen LogP) is 4.19. The molecule has 1 fully saturated rings. The molecule has 150 valence electrons. The minimum atomic E-state index is -0.199. The molecule has 28 heavy (non-hydrogen) atoms. The zero-order chi connectivity index (χ0) is 19.8. The minimum Gasteiger partial charge on any atom is -0.381 e. The third kappa shape index (κ3) is 5.10. The van der Waals surface area contributed by atoms with Crippen molar-refractivity contribution in [3.63, 3.8) is 0 Å². The highest BCUT2D eigenvalue weighted by molar-refractivity contribution is 5.80. The molecule has 1 atom stereocenters. The topological polar surface area (TPSA) is 45.7 Å². The van der Waals surface area contributed by atoms with Gasteiger partial charge < -0.3 is 15.4 Å². The van der Waals surface area contributed by atoms with Gasteiger partial charge in [-0.3, -0.25) is 4.99 Å². The minimum absolute atomic E-state index is 0.138. The molecule has 3 rings (SSSR count). The standard InChI is InChI=1S/C23H30FN3O/c1-3-25-22(27-18(2)19-8-5-4-6-9-19)26-17-23(12-14-28-15-13-23)20-10-7-11-21(24)16-20/h4-11,16,18H,3,12-15,17H2,1-2H3,(H2,25,26,27). The first-order valence-corrected chi connectivity index (χ1v) is 10.1. The zero-order valence-corrected chi connectivity index (χ0v) is 16.7. The van der Waals surface area contributed by atoms with E-state index < -0.39 is 0 Å². The normalized spacial score (nSPS) is 17.8. The first-order valence-electron chi connectivity index (χ1n) is 10.1. The van der Waals surface area contributed by atoms with Crippen molar-refractivity contribution in [3.05, 3.63) is 71.5 Å². The third-order valence-electron chi connectivity index (χ3n) is 5.42. The summed E-state index contributed by atoms with van der Waals surface area (Å²) >= 11 is 0. The highest BCUT2D eigenvalue weighted by Gasteiger charge is 2.34. The van der Waals surface area contributed by atoms with Gasteiger partial charge >= 0.3 is 0 Å².